The zero-order valence-corrected chi connectivity index (χ0v) is 16.5. The maximum atomic E-state index is 12.1. The number of rotatable bonds is 6. The maximum Gasteiger partial charge on any atom is 0.322 e. The van der Waals surface area contributed by atoms with Crippen LogP contribution in [0, 0.1) is 0 Å². The summed E-state index contributed by atoms with van der Waals surface area (Å²) < 4.78 is 5.12. The lowest BCUT2D eigenvalue weighted by Gasteiger charge is -2.20. The average molecular weight is 409 g/mol. The van der Waals surface area contributed by atoms with Crippen LogP contribution in [-0.2, 0) is 9.59 Å². The van der Waals surface area contributed by atoms with E-state index in [1.807, 2.05) is 13.8 Å². The van der Waals surface area contributed by atoms with Gasteiger partial charge < -0.3 is 15.2 Å². The van der Waals surface area contributed by atoms with E-state index in [2.05, 4.69) is 10.6 Å². The molecule has 6 nitrogen and oxygen atoms in total. The molecule has 1 fully saturated rings. The van der Waals surface area contributed by atoms with E-state index in [-0.39, 0.29) is 23.7 Å². The summed E-state index contributed by atoms with van der Waals surface area (Å²) in [5, 5.41) is 15.5. The second kappa shape index (κ2) is 8.98. The monoisotopic (exact) mass is 408 g/mol. The first-order valence-corrected chi connectivity index (χ1v) is 8.81. The summed E-state index contributed by atoms with van der Waals surface area (Å²) in [5.41, 5.74) is 0. The molecular formula is C16H22Cl2N2O4S. The van der Waals surface area contributed by atoms with Crippen molar-refractivity contribution in [1.82, 2.24) is 10.6 Å². The highest BCUT2D eigenvalue weighted by Gasteiger charge is 2.45. The fraction of sp³-hybridized carbons (Fsp3) is 0.500. The largest absolute Gasteiger partial charge is 0.481 e. The molecule has 0 bridgehead atoms. The Morgan fingerprint density at radius 1 is 1.40 bits per heavy atom. The molecule has 1 aliphatic rings. The molecule has 0 aliphatic carbocycles. The number of hydrogen-bond acceptors (Lipinski definition) is 5. The highest BCUT2D eigenvalue weighted by atomic mass is 35.5. The van der Waals surface area contributed by atoms with Crippen molar-refractivity contribution >= 4 is 47.6 Å². The van der Waals surface area contributed by atoms with Gasteiger partial charge in [-0.3, -0.25) is 14.9 Å². The number of ether oxygens (including phenoxy) is 1. The lowest BCUT2D eigenvalue weighted by Crippen LogP contribution is -2.47. The summed E-state index contributed by atoms with van der Waals surface area (Å²) in [6, 6.07) is 6.12. The van der Waals surface area contributed by atoms with Crippen LogP contribution in [0.15, 0.2) is 24.3 Å². The molecule has 140 valence electrons. The number of halogens is 2. The van der Waals surface area contributed by atoms with Gasteiger partial charge >= 0.3 is 5.97 Å². The fourth-order valence-electron chi connectivity index (χ4n) is 2.43. The summed E-state index contributed by atoms with van der Waals surface area (Å²) in [5.74, 6) is -0.591. The first kappa shape index (κ1) is 21.9. The normalized spacial score (nSPS) is 22.6. The molecule has 3 N–H and O–H groups in total. The molecular weight excluding hydrogens is 387 g/mol. The Bertz CT molecular complexity index is 613. The summed E-state index contributed by atoms with van der Waals surface area (Å²) in [7, 11) is 0. The Morgan fingerprint density at radius 2 is 2.00 bits per heavy atom. The van der Waals surface area contributed by atoms with Crippen molar-refractivity contribution < 1.29 is 19.4 Å². The van der Waals surface area contributed by atoms with E-state index in [0.29, 0.717) is 17.3 Å². The lowest BCUT2D eigenvalue weighted by atomic mass is 10.0. The van der Waals surface area contributed by atoms with E-state index in [9.17, 15) is 14.7 Å². The fourth-order valence-corrected chi connectivity index (χ4v) is 3.97. The van der Waals surface area contributed by atoms with Crippen molar-refractivity contribution in [3.8, 4) is 5.75 Å². The summed E-state index contributed by atoms with van der Waals surface area (Å²) in [6.07, 6.45) is -0.666. The Kier molecular flexibility index (Phi) is 7.87. The van der Waals surface area contributed by atoms with Crippen LogP contribution in [0.5, 0.6) is 5.75 Å². The first-order valence-electron chi connectivity index (χ1n) is 7.55. The molecule has 1 aromatic rings. The van der Waals surface area contributed by atoms with Gasteiger partial charge in [0.25, 0.3) is 5.91 Å². The highest BCUT2D eigenvalue weighted by Crippen LogP contribution is 2.37. The molecule has 1 saturated heterocycles. The third-order valence-corrected chi connectivity index (χ3v) is 5.38. The second-order valence-electron chi connectivity index (χ2n) is 6.11. The van der Waals surface area contributed by atoms with Gasteiger partial charge in [-0.25, -0.2) is 0 Å². The van der Waals surface area contributed by atoms with Crippen molar-refractivity contribution in [1.29, 1.82) is 0 Å². The van der Waals surface area contributed by atoms with Crippen molar-refractivity contribution in [2.45, 2.75) is 43.0 Å². The van der Waals surface area contributed by atoms with Crippen LogP contribution in [0.2, 0.25) is 5.02 Å². The molecule has 3 unspecified atom stereocenters. The standard InChI is InChI=1S/C16H21ClN2O4S.ClH/c1-9(23-11-6-4-10(17)5-7-11)14(20)18-8-12-19-13(15(21)22)16(2,3)24-12;/h4-7,9,12-13,19H,8H2,1-3H3,(H,18,20)(H,21,22);1H. The molecule has 1 aromatic carbocycles. The topological polar surface area (TPSA) is 87.7 Å². The maximum absolute atomic E-state index is 12.1. The van der Waals surface area contributed by atoms with Crippen molar-refractivity contribution in [2.75, 3.05) is 6.54 Å². The quantitative estimate of drug-likeness (QED) is 0.670. The summed E-state index contributed by atoms with van der Waals surface area (Å²) in [6.45, 7) is 5.73. The number of carboxylic acid groups (broad SMARTS) is 1. The zero-order valence-electron chi connectivity index (χ0n) is 14.1. The number of thioether (sulfide) groups is 1. The van der Waals surface area contributed by atoms with Crippen molar-refractivity contribution in [2.24, 2.45) is 0 Å². The van der Waals surface area contributed by atoms with Gasteiger partial charge in [0, 0.05) is 16.3 Å². The number of hydrogen-bond donors (Lipinski definition) is 3. The van der Waals surface area contributed by atoms with E-state index in [0.717, 1.165) is 0 Å². The zero-order chi connectivity index (χ0) is 17.9. The first-order chi connectivity index (χ1) is 11.2. The van der Waals surface area contributed by atoms with Gasteiger partial charge in [0.2, 0.25) is 0 Å². The van der Waals surface area contributed by atoms with Crippen LogP contribution in [0.3, 0.4) is 0 Å². The molecule has 25 heavy (non-hydrogen) atoms. The van der Waals surface area contributed by atoms with Crippen LogP contribution in [0.25, 0.3) is 0 Å². The van der Waals surface area contributed by atoms with Crippen molar-refractivity contribution in [3.63, 3.8) is 0 Å². The second-order valence-corrected chi connectivity index (χ2v) is 8.40. The Labute approximate surface area is 162 Å². The van der Waals surface area contributed by atoms with Crippen LogP contribution < -0.4 is 15.4 Å². The van der Waals surface area contributed by atoms with Gasteiger partial charge in [0.15, 0.2) is 6.10 Å². The molecule has 9 heteroatoms. The van der Waals surface area contributed by atoms with Gasteiger partial charge in [-0.15, -0.1) is 24.2 Å². The third kappa shape index (κ3) is 5.95. The summed E-state index contributed by atoms with van der Waals surface area (Å²) in [4.78, 5) is 23.4. The SMILES string of the molecule is CC(Oc1ccc(Cl)cc1)C(=O)NCC1NC(C(=O)O)C(C)(C)S1.Cl. The van der Waals surface area contributed by atoms with E-state index in [4.69, 9.17) is 16.3 Å². The molecule has 0 aromatic heterocycles. The number of nitrogens with one attached hydrogen (secondary N) is 2. The minimum absolute atomic E-state index is 0. The molecule has 0 radical (unpaired) electrons. The van der Waals surface area contributed by atoms with Crippen LogP contribution in [0.1, 0.15) is 20.8 Å². The molecule has 2 rings (SSSR count). The van der Waals surface area contributed by atoms with Crippen LogP contribution >= 0.6 is 35.8 Å². The minimum atomic E-state index is -0.888. The van der Waals surface area contributed by atoms with Gasteiger partial charge in [-0.2, -0.15) is 0 Å². The van der Waals surface area contributed by atoms with E-state index in [1.165, 1.54) is 11.8 Å². The predicted octanol–water partition coefficient (Wildman–Crippen LogP) is 2.54. The molecule has 0 spiro atoms. The number of benzene rings is 1. The number of carboxylic acids is 1. The highest BCUT2D eigenvalue weighted by molar-refractivity contribution is 8.01. The summed E-state index contributed by atoms with van der Waals surface area (Å²) >= 11 is 7.31. The predicted molar refractivity (Wildman–Crippen MR) is 102 cm³/mol. The van der Waals surface area contributed by atoms with Crippen molar-refractivity contribution in [3.05, 3.63) is 29.3 Å². The van der Waals surface area contributed by atoms with E-state index >= 15 is 0 Å². The lowest BCUT2D eigenvalue weighted by molar-refractivity contribution is -0.139. The third-order valence-electron chi connectivity index (χ3n) is 3.70. The Balaban J connectivity index is 0.00000312. The smallest absolute Gasteiger partial charge is 0.322 e. The van der Waals surface area contributed by atoms with Gasteiger partial charge in [0.1, 0.15) is 11.8 Å². The van der Waals surface area contributed by atoms with Gasteiger partial charge in [-0.1, -0.05) is 11.6 Å². The van der Waals surface area contributed by atoms with E-state index in [1.54, 1.807) is 31.2 Å². The van der Waals surface area contributed by atoms with Crippen LogP contribution in [0.4, 0.5) is 0 Å². The van der Waals surface area contributed by atoms with Crippen LogP contribution in [-0.4, -0.2) is 45.8 Å². The molecule has 1 aliphatic heterocycles. The number of amides is 1. The Morgan fingerprint density at radius 3 is 2.52 bits per heavy atom. The Hall–Kier alpha value is -1.15. The molecule has 1 heterocycles. The molecule has 1 amide bonds. The number of carbonyl (C=O) groups excluding carboxylic acids is 1. The van der Waals surface area contributed by atoms with E-state index < -0.39 is 22.9 Å². The number of carbonyl (C=O) groups is 2. The minimum Gasteiger partial charge on any atom is -0.481 e. The molecule has 3 atom stereocenters. The van der Waals surface area contributed by atoms with Gasteiger partial charge in [-0.05, 0) is 45.0 Å². The average Bonchev–Trinajstić information content (AvgIpc) is 2.82. The number of aliphatic carboxylic acids is 1. The molecule has 0 saturated carbocycles. The van der Waals surface area contributed by atoms with Gasteiger partial charge in [0.05, 0.1) is 5.37 Å².